The fourth-order valence-electron chi connectivity index (χ4n) is 3.05. The minimum atomic E-state index is -0.108. The summed E-state index contributed by atoms with van der Waals surface area (Å²) in [6.07, 6.45) is 3.32. The van der Waals surface area contributed by atoms with E-state index in [-0.39, 0.29) is 16.5 Å². The first kappa shape index (κ1) is 20.1. The molecule has 0 saturated carbocycles. The van der Waals surface area contributed by atoms with Crippen LogP contribution in [0.3, 0.4) is 0 Å². The fourth-order valence-corrected chi connectivity index (χ4v) is 3.56. The molecule has 152 valence electrons. The van der Waals surface area contributed by atoms with E-state index in [1.165, 1.54) is 12.3 Å². The standard InChI is InChI=1S/C22H17Cl2N3O3/c1-2-30-18-10-13(6-7-17(18)28)20-22(27-8-4-3-5-19(27)26-20)25-12-14-9-15(23)11-16(24)21(14)29/h3-12,28-29H,2H2,1H3. The Morgan fingerprint density at radius 3 is 2.77 bits per heavy atom. The van der Waals surface area contributed by atoms with Gasteiger partial charge in [-0.15, -0.1) is 0 Å². The first-order valence-corrected chi connectivity index (χ1v) is 9.89. The number of phenols is 2. The molecule has 8 heteroatoms. The number of rotatable bonds is 5. The summed E-state index contributed by atoms with van der Waals surface area (Å²) < 4.78 is 7.32. The Bertz CT molecular complexity index is 1270. The lowest BCUT2D eigenvalue weighted by Gasteiger charge is -2.08. The van der Waals surface area contributed by atoms with Crippen LogP contribution in [-0.2, 0) is 0 Å². The number of aromatic hydroxyl groups is 2. The Morgan fingerprint density at radius 2 is 1.97 bits per heavy atom. The molecule has 0 saturated heterocycles. The second-order valence-corrected chi connectivity index (χ2v) is 7.26. The van der Waals surface area contributed by atoms with Gasteiger partial charge >= 0.3 is 0 Å². The number of hydrogen-bond donors (Lipinski definition) is 2. The highest BCUT2D eigenvalue weighted by molar-refractivity contribution is 6.36. The summed E-state index contributed by atoms with van der Waals surface area (Å²) in [4.78, 5) is 9.26. The molecule has 0 aliphatic heterocycles. The van der Waals surface area contributed by atoms with Crippen LogP contribution in [-0.4, -0.2) is 32.4 Å². The lowest BCUT2D eigenvalue weighted by Crippen LogP contribution is -1.92. The number of pyridine rings is 1. The first-order valence-electron chi connectivity index (χ1n) is 9.13. The van der Waals surface area contributed by atoms with Gasteiger partial charge in [-0.1, -0.05) is 29.3 Å². The Labute approximate surface area is 182 Å². The van der Waals surface area contributed by atoms with Gasteiger partial charge in [0.25, 0.3) is 0 Å². The van der Waals surface area contributed by atoms with Gasteiger partial charge in [0, 0.05) is 28.6 Å². The molecule has 0 spiro atoms. The molecule has 6 nitrogen and oxygen atoms in total. The summed E-state index contributed by atoms with van der Waals surface area (Å²) in [6.45, 7) is 2.26. The summed E-state index contributed by atoms with van der Waals surface area (Å²) >= 11 is 12.1. The maximum absolute atomic E-state index is 10.2. The lowest BCUT2D eigenvalue weighted by atomic mass is 10.1. The monoisotopic (exact) mass is 441 g/mol. The van der Waals surface area contributed by atoms with Crippen LogP contribution in [0.2, 0.25) is 10.0 Å². The van der Waals surface area contributed by atoms with E-state index in [4.69, 9.17) is 27.9 Å². The molecule has 30 heavy (non-hydrogen) atoms. The van der Waals surface area contributed by atoms with Gasteiger partial charge in [-0.3, -0.25) is 4.40 Å². The summed E-state index contributed by atoms with van der Waals surface area (Å²) in [5, 5.41) is 20.8. The number of aromatic nitrogens is 2. The molecule has 0 bridgehead atoms. The smallest absolute Gasteiger partial charge is 0.165 e. The predicted octanol–water partition coefficient (Wildman–Crippen LogP) is 5.87. The third-order valence-electron chi connectivity index (χ3n) is 4.42. The third kappa shape index (κ3) is 3.79. The molecule has 0 fully saturated rings. The maximum Gasteiger partial charge on any atom is 0.165 e. The quantitative estimate of drug-likeness (QED) is 0.379. The van der Waals surface area contributed by atoms with Crippen LogP contribution < -0.4 is 4.74 Å². The molecule has 0 aliphatic rings. The highest BCUT2D eigenvalue weighted by Crippen LogP contribution is 2.37. The molecule has 0 unspecified atom stereocenters. The Balaban J connectivity index is 1.87. The minimum absolute atomic E-state index is 0.0490. The predicted molar refractivity (Wildman–Crippen MR) is 119 cm³/mol. The number of hydrogen-bond acceptors (Lipinski definition) is 5. The van der Waals surface area contributed by atoms with E-state index in [9.17, 15) is 10.2 Å². The van der Waals surface area contributed by atoms with Crippen LogP contribution in [0.25, 0.3) is 16.9 Å². The van der Waals surface area contributed by atoms with E-state index in [0.717, 1.165) is 5.56 Å². The van der Waals surface area contributed by atoms with E-state index >= 15 is 0 Å². The van der Waals surface area contributed by atoms with Gasteiger partial charge in [0.15, 0.2) is 17.3 Å². The average molecular weight is 442 g/mol. The highest BCUT2D eigenvalue weighted by atomic mass is 35.5. The van der Waals surface area contributed by atoms with Crippen molar-refractivity contribution in [3.8, 4) is 28.5 Å². The average Bonchev–Trinajstić information content (AvgIpc) is 3.10. The van der Waals surface area contributed by atoms with Crippen molar-refractivity contribution in [3.63, 3.8) is 0 Å². The van der Waals surface area contributed by atoms with E-state index in [2.05, 4.69) is 9.98 Å². The van der Waals surface area contributed by atoms with Gasteiger partial charge in [-0.05, 0) is 49.4 Å². The molecule has 0 radical (unpaired) electrons. The van der Waals surface area contributed by atoms with Crippen LogP contribution in [0.5, 0.6) is 17.2 Å². The third-order valence-corrected chi connectivity index (χ3v) is 4.93. The first-order chi connectivity index (χ1) is 14.5. The largest absolute Gasteiger partial charge is 0.506 e. The van der Waals surface area contributed by atoms with Crippen molar-refractivity contribution in [2.75, 3.05) is 6.61 Å². The van der Waals surface area contributed by atoms with Crippen molar-refractivity contribution in [2.45, 2.75) is 6.92 Å². The van der Waals surface area contributed by atoms with Gasteiger partial charge in [0.1, 0.15) is 17.1 Å². The van der Waals surface area contributed by atoms with Gasteiger partial charge < -0.3 is 14.9 Å². The number of phenolic OH excluding ortho intramolecular Hbond substituents is 2. The van der Waals surface area contributed by atoms with Crippen molar-refractivity contribution in [2.24, 2.45) is 4.99 Å². The van der Waals surface area contributed by atoms with Gasteiger partial charge in [0.05, 0.1) is 11.6 Å². The molecule has 0 amide bonds. The van der Waals surface area contributed by atoms with Crippen LogP contribution in [0, 0.1) is 0 Å². The topological polar surface area (TPSA) is 79.4 Å². The van der Waals surface area contributed by atoms with Crippen LogP contribution in [0.4, 0.5) is 5.82 Å². The van der Waals surface area contributed by atoms with Crippen molar-refractivity contribution in [3.05, 3.63) is 70.3 Å². The second-order valence-electron chi connectivity index (χ2n) is 6.41. The number of halogens is 2. The number of benzene rings is 2. The number of imidazole rings is 1. The molecular formula is C22H17Cl2N3O3. The Hall–Kier alpha value is -3.22. The maximum atomic E-state index is 10.2. The number of ether oxygens (including phenoxy) is 1. The molecule has 0 atom stereocenters. The fraction of sp³-hybridized carbons (Fsp3) is 0.0909. The highest BCUT2D eigenvalue weighted by Gasteiger charge is 2.16. The molecular weight excluding hydrogens is 425 g/mol. The Kier molecular flexibility index (Phi) is 5.53. The summed E-state index contributed by atoms with van der Waals surface area (Å²) in [7, 11) is 0. The zero-order valence-electron chi connectivity index (χ0n) is 15.9. The van der Waals surface area contributed by atoms with Crippen molar-refractivity contribution < 1.29 is 14.9 Å². The van der Waals surface area contributed by atoms with Crippen molar-refractivity contribution >= 4 is 40.9 Å². The van der Waals surface area contributed by atoms with Gasteiger partial charge in [-0.2, -0.15) is 0 Å². The van der Waals surface area contributed by atoms with Crippen molar-refractivity contribution in [1.29, 1.82) is 0 Å². The van der Waals surface area contributed by atoms with Crippen molar-refractivity contribution in [1.82, 2.24) is 9.38 Å². The summed E-state index contributed by atoms with van der Waals surface area (Å²) in [6, 6.07) is 13.7. The minimum Gasteiger partial charge on any atom is -0.506 e. The molecule has 2 aromatic heterocycles. The van der Waals surface area contributed by atoms with Crippen LogP contribution in [0.1, 0.15) is 12.5 Å². The van der Waals surface area contributed by atoms with E-state index in [1.54, 1.807) is 24.3 Å². The van der Waals surface area contributed by atoms with Gasteiger partial charge in [0.2, 0.25) is 0 Å². The van der Waals surface area contributed by atoms with Crippen LogP contribution >= 0.6 is 23.2 Å². The zero-order valence-corrected chi connectivity index (χ0v) is 17.4. The molecule has 2 aromatic carbocycles. The second kappa shape index (κ2) is 8.26. The van der Waals surface area contributed by atoms with Gasteiger partial charge in [-0.25, -0.2) is 9.98 Å². The molecule has 4 aromatic rings. The molecule has 4 rings (SSSR count). The molecule has 2 N–H and O–H groups in total. The van der Waals surface area contributed by atoms with E-state index in [0.29, 0.717) is 40.1 Å². The van der Waals surface area contributed by atoms with E-state index < -0.39 is 0 Å². The van der Waals surface area contributed by atoms with E-state index in [1.807, 2.05) is 35.7 Å². The number of nitrogens with zero attached hydrogens (tertiary/aromatic N) is 3. The number of fused-ring (bicyclic) bond motifs is 1. The van der Waals surface area contributed by atoms with Crippen LogP contribution in [0.15, 0.2) is 59.7 Å². The Morgan fingerprint density at radius 1 is 1.13 bits per heavy atom. The molecule has 0 aliphatic carbocycles. The zero-order chi connectivity index (χ0) is 21.3. The summed E-state index contributed by atoms with van der Waals surface area (Å²) in [5.41, 5.74) is 2.38. The summed E-state index contributed by atoms with van der Waals surface area (Å²) in [5.74, 6) is 0.840. The SMILES string of the molecule is CCOc1cc(-c2nc3ccccn3c2N=Cc2cc(Cl)cc(Cl)c2O)ccc1O. The number of aliphatic imine (C=N–C) groups is 1. The lowest BCUT2D eigenvalue weighted by molar-refractivity contribution is 0.318. The normalized spacial score (nSPS) is 11.4. The molecule has 2 heterocycles.